The molecule has 0 N–H and O–H groups in total. The third-order valence-corrected chi connectivity index (χ3v) is 6.72. The lowest BCUT2D eigenvalue weighted by Gasteiger charge is -2.39. The quantitative estimate of drug-likeness (QED) is 0.249. The van der Waals surface area contributed by atoms with Crippen molar-refractivity contribution in [2.45, 2.75) is 77.7 Å². The van der Waals surface area contributed by atoms with Gasteiger partial charge in [0.05, 0.1) is 13.2 Å². The maximum atomic E-state index is 14.1. The van der Waals surface area contributed by atoms with Crippen molar-refractivity contribution in [2.75, 3.05) is 25.7 Å². The van der Waals surface area contributed by atoms with Crippen LogP contribution in [0.1, 0.15) is 83.7 Å². The van der Waals surface area contributed by atoms with E-state index in [2.05, 4.69) is 0 Å². The van der Waals surface area contributed by atoms with E-state index in [1.54, 1.807) is 26.0 Å². The van der Waals surface area contributed by atoms with Crippen LogP contribution in [0.15, 0.2) is 42.5 Å². The van der Waals surface area contributed by atoms with Crippen LogP contribution in [0, 0.1) is 0 Å². The van der Waals surface area contributed by atoms with E-state index in [1.165, 1.54) is 0 Å². The van der Waals surface area contributed by atoms with Crippen molar-refractivity contribution in [3.05, 3.63) is 64.7 Å². The van der Waals surface area contributed by atoms with Gasteiger partial charge < -0.3 is 14.6 Å². The third kappa shape index (κ3) is 6.50. The second kappa shape index (κ2) is 11.9. The van der Waals surface area contributed by atoms with Crippen LogP contribution >= 0.6 is 0 Å². The van der Waals surface area contributed by atoms with Crippen molar-refractivity contribution in [1.82, 2.24) is 0 Å². The summed E-state index contributed by atoms with van der Waals surface area (Å²) in [5.41, 5.74) is -1.13. The monoisotopic (exact) mass is 530 g/mol. The highest BCUT2D eigenvalue weighted by molar-refractivity contribution is 7.90. The summed E-state index contributed by atoms with van der Waals surface area (Å²) in [6.45, 7) is 15.2. The molecule has 6 nitrogen and oxygen atoms in total. The van der Waals surface area contributed by atoms with Crippen LogP contribution in [0.4, 0.5) is 0 Å². The van der Waals surface area contributed by atoms with E-state index < -0.39 is 45.5 Å². The Labute approximate surface area is 225 Å². The zero-order valence-corrected chi connectivity index (χ0v) is 24.7. The molecule has 0 radical (unpaired) electrons. The molecule has 0 amide bonds. The lowest BCUT2D eigenvalue weighted by molar-refractivity contribution is -0.271. The molecule has 0 saturated carbocycles. The van der Waals surface area contributed by atoms with Crippen LogP contribution in [0.5, 0.6) is 5.75 Å². The summed E-state index contributed by atoms with van der Waals surface area (Å²) < 4.78 is 17.6. The summed E-state index contributed by atoms with van der Waals surface area (Å²) in [4.78, 5) is 28.2. The Morgan fingerprint density at radius 1 is 0.838 bits per heavy atom. The maximum Gasteiger partial charge on any atom is 0.331 e. The van der Waals surface area contributed by atoms with E-state index in [1.807, 2.05) is 84.4 Å². The first-order chi connectivity index (χ1) is 17.1. The van der Waals surface area contributed by atoms with Gasteiger partial charge in [-0.2, -0.15) is 4.18 Å². The average molecular weight is 531 g/mol. The van der Waals surface area contributed by atoms with Crippen LogP contribution in [0.25, 0.3) is 0 Å². The number of carbonyl (C=O) groups excluding carboxylic acids is 2. The minimum Gasteiger partial charge on any atom is -0.872 e. The van der Waals surface area contributed by atoms with Crippen LogP contribution in [-0.2, 0) is 50.7 Å². The molecule has 0 fully saturated rings. The Morgan fingerprint density at radius 3 is 1.62 bits per heavy atom. The molecule has 1 atom stereocenters. The highest BCUT2D eigenvalue weighted by Gasteiger charge is 2.60. The molecule has 37 heavy (non-hydrogen) atoms. The van der Waals surface area contributed by atoms with E-state index in [-0.39, 0.29) is 19.0 Å². The van der Waals surface area contributed by atoms with Crippen LogP contribution in [0.2, 0.25) is 0 Å². The van der Waals surface area contributed by atoms with Crippen molar-refractivity contribution >= 4 is 23.1 Å². The number of benzene rings is 2. The summed E-state index contributed by atoms with van der Waals surface area (Å²) in [6.07, 6.45) is 2.70. The largest absolute Gasteiger partial charge is 0.872 e. The minimum absolute atomic E-state index is 0.0589. The Balaban J connectivity index is 3.18. The summed E-state index contributed by atoms with van der Waals surface area (Å²) in [6, 6.07) is 12.5. The number of ether oxygens (including phenoxy) is 2. The molecule has 0 aliphatic heterocycles. The Kier molecular flexibility index (Phi) is 9.88. The molecule has 0 aromatic heterocycles. The fourth-order valence-electron chi connectivity index (χ4n) is 4.34. The number of esters is 2. The maximum absolute atomic E-state index is 14.1. The minimum atomic E-state index is -2.00. The molecule has 1 unspecified atom stereocenters. The van der Waals surface area contributed by atoms with Gasteiger partial charge in [0.1, 0.15) is 23.7 Å². The molecular weight excluding hydrogens is 488 g/mol. The summed E-state index contributed by atoms with van der Waals surface area (Å²) >= 11 is -0.634. The smallest absolute Gasteiger partial charge is 0.331 e. The summed E-state index contributed by atoms with van der Waals surface area (Å²) in [5.74, 6) is -1.65. The van der Waals surface area contributed by atoms with Crippen molar-refractivity contribution in [2.24, 2.45) is 0 Å². The second-order valence-electron chi connectivity index (χ2n) is 11.3. The van der Waals surface area contributed by atoms with Gasteiger partial charge in [-0.1, -0.05) is 84.0 Å². The van der Waals surface area contributed by atoms with Gasteiger partial charge in [-0.3, -0.25) is 9.59 Å². The highest BCUT2D eigenvalue weighted by Crippen LogP contribution is 2.48. The van der Waals surface area contributed by atoms with Gasteiger partial charge in [0.15, 0.2) is 6.10 Å². The average Bonchev–Trinajstić information content (AvgIpc) is 2.78. The van der Waals surface area contributed by atoms with Crippen molar-refractivity contribution in [3.63, 3.8) is 0 Å². The first-order valence-corrected chi connectivity index (χ1v) is 14.6. The van der Waals surface area contributed by atoms with Crippen LogP contribution in [-0.4, -0.2) is 37.7 Å². The fourth-order valence-corrected chi connectivity index (χ4v) is 4.98. The first-order valence-electron chi connectivity index (χ1n) is 12.6. The molecule has 204 valence electrons. The number of rotatable bonds is 9. The molecule has 0 saturated heterocycles. The third-order valence-electron chi connectivity index (χ3n) is 6.14. The van der Waals surface area contributed by atoms with Gasteiger partial charge in [0, 0.05) is 0 Å². The van der Waals surface area contributed by atoms with Crippen molar-refractivity contribution in [1.29, 1.82) is 0 Å². The molecule has 2 aromatic carbocycles. The topological polar surface area (TPSA) is 84.9 Å². The molecule has 0 aliphatic rings. The molecular formula is C30H42O6S. The number of hydrogen-bond donors (Lipinski definition) is 0. The SMILES string of the molecule is CCOC(=O)C(C(=O)OCC)(c1cc(C(C)(C)C)c([O-])c(C(C)(C)C)c1)C(O[S+](C)C)c1ccccc1. The van der Waals surface area contributed by atoms with E-state index in [0.717, 1.165) is 0 Å². The van der Waals surface area contributed by atoms with Crippen LogP contribution in [0.3, 0.4) is 0 Å². The van der Waals surface area contributed by atoms with Gasteiger partial charge in [-0.05, 0) is 46.9 Å². The predicted molar refractivity (Wildman–Crippen MR) is 148 cm³/mol. The van der Waals surface area contributed by atoms with Crippen LogP contribution < -0.4 is 5.11 Å². The molecule has 7 heteroatoms. The van der Waals surface area contributed by atoms with Gasteiger partial charge in [-0.15, -0.1) is 5.75 Å². The summed E-state index contributed by atoms with van der Waals surface area (Å²) in [7, 11) is 0. The molecule has 0 aliphatic carbocycles. The molecule has 0 heterocycles. The molecule has 2 aromatic rings. The highest BCUT2D eigenvalue weighted by atomic mass is 32.2. The Bertz CT molecular complexity index is 1030. The van der Waals surface area contributed by atoms with Crippen molar-refractivity contribution < 1.29 is 28.4 Å². The number of carbonyl (C=O) groups is 2. The zero-order valence-electron chi connectivity index (χ0n) is 23.9. The van der Waals surface area contributed by atoms with E-state index in [4.69, 9.17) is 13.7 Å². The summed E-state index contributed by atoms with van der Waals surface area (Å²) in [5, 5.41) is 13.7. The standard InChI is InChI=1S/C30H42O6S/c1-11-34-26(32)30(27(33)35-12-2,25(36-37(9)10)20-16-14-13-15-17-20)21-18-22(28(3,4)5)24(31)23(19-21)29(6,7)8/h13-19,25H,11-12H2,1-10H3. The first kappa shape index (κ1) is 30.7. The second-order valence-corrected chi connectivity index (χ2v) is 13.0. The van der Waals surface area contributed by atoms with Gasteiger partial charge in [-0.25, -0.2) is 0 Å². The molecule has 0 spiro atoms. The van der Waals surface area contributed by atoms with Gasteiger partial charge in [0.2, 0.25) is 5.41 Å². The van der Waals surface area contributed by atoms with E-state index >= 15 is 0 Å². The Hall–Kier alpha value is -2.51. The Morgan fingerprint density at radius 2 is 1.27 bits per heavy atom. The predicted octanol–water partition coefficient (Wildman–Crippen LogP) is 5.27. The molecule has 0 bridgehead atoms. The van der Waals surface area contributed by atoms with Gasteiger partial charge in [0.25, 0.3) is 0 Å². The van der Waals surface area contributed by atoms with E-state index in [9.17, 15) is 14.7 Å². The lowest BCUT2D eigenvalue weighted by atomic mass is 9.69. The number of hydrogen-bond acceptors (Lipinski definition) is 6. The van der Waals surface area contributed by atoms with Crippen molar-refractivity contribution in [3.8, 4) is 5.75 Å². The van der Waals surface area contributed by atoms with E-state index in [0.29, 0.717) is 22.3 Å². The molecule has 2 rings (SSSR count). The fraction of sp³-hybridized carbons (Fsp3) is 0.533. The normalized spacial score (nSPS) is 13.4. The van der Waals surface area contributed by atoms with Gasteiger partial charge >= 0.3 is 11.9 Å². The lowest BCUT2D eigenvalue weighted by Crippen LogP contribution is -2.52. The zero-order chi connectivity index (χ0) is 28.2.